The second kappa shape index (κ2) is 11.9. The van der Waals surface area contributed by atoms with Crippen molar-refractivity contribution in [2.45, 2.75) is 0 Å². The summed E-state index contributed by atoms with van der Waals surface area (Å²) in [5.41, 5.74) is 9.77. The van der Waals surface area contributed by atoms with Gasteiger partial charge in [0.05, 0.1) is 0 Å². The Bertz CT molecular complexity index is 3040. The Balaban J connectivity index is 1.10. The average Bonchev–Trinajstić information content (AvgIpc) is 3.80. The van der Waals surface area contributed by atoms with Gasteiger partial charge in [-0.05, 0) is 98.4 Å². The minimum Gasteiger partial charge on any atom is -0.456 e. The van der Waals surface area contributed by atoms with Crippen LogP contribution in [0, 0.1) is 0 Å². The summed E-state index contributed by atoms with van der Waals surface area (Å²) in [5.74, 6) is 0. The first kappa shape index (κ1) is 30.0. The molecule has 53 heavy (non-hydrogen) atoms. The number of furan rings is 1. The maximum Gasteiger partial charge on any atom is 0.137 e. The van der Waals surface area contributed by atoms with Crippen molar-refractivity contribution >= 4 is 92.1 Å². The van der Waals surface area contributed by atoms with E-state index < -0.39 is 0 Å². The fourth-order valence-electron chi connectivity index (χ4n) is 8.13. The van der Waals surface area contributed by atoms with Crippen LogP contribution in [0.4, 0.5) is 17.1 Å². The zero-order chi connectivity index (χ0) is 34.9. The molecule has 0 unspecified atom stereocenters. The number of hydrogen-bond acceptors (Lipinski definition) is 3. The van der Waals surface area contributed by atoms with Gasteiger partial charge in [-0.3, -0.25) is 0 Å². The van der Waals surface area contributed by atoms with Crippen LogP contribution in [0.1, 0.15) is 0 Å². The highest BCUT2D eigenvalue weighted by atomic mass is 32.1. The zero-order valence-electron chi connectivity index (χ0n) is 28.7. The molecule has 2 nitrogen and oxygen atoms in total. The first-order valence-corrected chi connectivity index (χ1v) is 18.8. The molecule has 0 N–H and O–H groups in total. The number of rotatable bonds is 5. The van der Waals surface area contributed by atoms with Gasteiger partial charge < -0.3 is 9.32 Å². The first-order valence-electron chi connectivity index (χ1n) is 18.0. The molecule has 2 aromatic heterocycles. The van der Waals surface area contributed by atoms with Gasteiger partial charge in [0.1, 0.15) is 11.2 Å². The van der Waals surface area contributed by atoms with Crippen molar-refractivity contribution in [2.24, 2.45) is 0 Å². The van der Waals surface area contributed by atoms with E-state index in [0.717, 1.165) is 44.6 Å². The molecule has 9 aromatic carbocycles. The summed E-state index contributed by atoms with van der Waals surface area (Å²) in [7, 11) is 0. The quantitative estimate of drug-likeness (QED) is 0.178. The van der Waals surface area contributed by atoms with E-state index in [2.05, 4.69) is 193 Å². The van der Waals surface area contributed by atoms with Crippen LogP contribution >= 0.6 is 11.3 Å². The van der Waals surface area contributed by atoms with Gasteiger partial charge in [0.2, 0.25) is 0 Å². The lowest BCUT2D eigenvalue weighted by Crippen LogP contribution is -2.09. The van der Waals surface area contributed by atoms with Crippen LogP contribution in [-0.2, 0) is 0 Å². The van der Waals surface area contributed by atoms with E-state index >= 15 is 0 Å². The number of thiophene rings is 1. The first-order chi connectivity index (χ1) is 26.2. The molecular formula is C50H31NOS. The monoisotopic (exact) mass is 693 g/mol. The van der Waals surface area contributed by atoms with E-state index in [1.54, 1.807) is 0 Å². The predicted octanol–water partition coefficient (Wildman–Crippen LogP) is 15.1. The summed E-state index contributed by atoms with van der Waals surface area (Å²) in [4.78, 5) is 2.37. The number of nitrogens with zero attached hydrogens (tertiary/aromatic N) is 1. The van der Waals surface area contributed by atoms with E-state index in [1.165, 1.54) is 58.4 Å². The van der Waals surface area contributed by atoms with Crippen LogP contribution in [0.5, 0.6) is 0 Å². The Kier molecular flexibility index (Phi) is 6.76. The number of hydrogen-bond donors (Lipinski definition) is 0. The maximum absolute atomic E-state index is 6.60. The third-order valence-electron chi connectivity index (χ3n) is 10.6. The van der Waals surface area contributed by atoms with E-state index in [-0.39, 0.29) is 0 Å². The Labute approximate surface area is 310 Å². The molecule has 0 saturated heterocycles. The van der Waals surface area contributed by atoms with Gasteiger partial charge in [0.25, 0.3) is 0 Å². The van der Waals surface area contributed by atoms with E-state index in [4.69, 9.17) is 4.42 Å². The van der Waals surface area contributed by atoms with Crippen LogP contribution in [0.25, 0.3) is 85.9 Å². The molecule has 2 heterocycles. The van der Waals surface area contributed by atoms with Crippen molar-refractivity contribution in [3.8, 4) is 22.3 Å². The van der Waals surface area contributed by atoms with Gasteiger partial charge in [-0.15, -0.1) is 11.3 Å². The fraction of sp³-hybridized carbons (Fsp3) is 0. The lowest BCUT2D eigenvalue weighted by Gasteiger charge is -2.26. The molecule has 3 heteroatoms. The average molecular weight is 694 g/mol. The maximum atomic E-state index is 6.60. The van der Waals surface area contributed by atoms with Crippen LogP contribution in [0.3, 0.4) is 0 Å². The molecule has 0 radical (unpaired) electrons. The van der Waals surface area contributed by atoms with E-state index in [9.17, 15) is 0 Å². The second-order valence-electron chi connectivity index (χ2n) is 13.7. The number of fused-ring (bicyclic) bond motifs is 10. The predicted molar refractivity (Wildman–Crippen MR) is 227 cm³/mol. The minimum atomic E-state index is 0.875. The van der Waals surface area contributed by atoms with Crippen LogP contribution in [0.15, 0.2) is 192 Å². The van der Waals surface area contributed by atoms with Crippen molar-refractivity contribution < 1.29 is 4.42 Å². The lowest BCUT2D eigenvalue weighted by molar-refractivity contribution is 0.669. The summed E-state index contributed by atoms with van der Waals surface area (Å²) in [6.07, 6.45) is 0. The Morgan fingerprint density at radius 1 is 0.340 bits per heavy atom. The van der Waals surface area contributed by atoms with Gasteiger partial charge in [0.15, 0.2) is 0 Å². The lowest BCUT2D eigenvalue weighted by atomic mass is 9.98. The number of benzene rings is 9. The van der Waals surface area contributed by atoms with Crippen molar-refractivity contribution in [1.82, 2.24) is 0 Å². The van der Waals surface area contributed by atoms with Crippen LogP contribution < -0.4 is 4.90 Å². The van der Waals surface area contributed by atoms with Crippen molar-refractivity contribution in [1.29, 1.82) is 0 Å². The molecule has 248 valence electrons. The molecule has 11 rings (SSSR count). The highest BCUT2D eigenvalue weighted by Crippen LogP contribution is 2.45. The van der Waals surface area contributed by atoms with Crippen molar-refractivity contribution in [3.05, 3.63) is 188 Å². The van der Waals surface area contributed by atoms with Crippen LogP contribution in [-0.4, -0.2) is 0 Å². The summed E-state index contributed by atoms with van der Waals surface area (Å²) in [6, 6.07) is 67.9. The third kappa shape index (κ3) is 4.93. The molecule has 0 aliphatic carbocycles. The largest absolute Gasteiger partial charge is 0.456 e. The minimum absolute atomic E-state index is 0.875. The van der Waals surface area contributed by atoms with E-state index in [0.29, 0.717) is 0 Å². The zero-order valence-corrected chi connectivity index (χ0v) is 29.5. The Morgan fingerprint density at radius 2 is 0.943 bits per heavy atom. The van der Waals surface area contributed by atoms with Gasteiger partial charge in [-0.25, -0.2) is 0 Å². The summed E-state index contributed by atoms with van der Waals surface area (Å²) in [6.45, 7) is 0. The molecule has 0 fully saturated rings. The molecule has 0 spiro atoms. The highest BCUT2D eigenvalue weighted by molar-refractivity contribution is 7.26. The second-order valence-corrected chi connectivity index (χ2v) is 14.8. The molecule has 0 saturated carbocycles. The summed E-state index contributed by atoms with van der Waals surface area (Å²) < 4.78 is 9.17. The SMILES string of the molecule is c1ccc(-c2cccc(-c3cccc(N(c4ccc5c(c4)oc4ccc6ccccc6c45)c4ccc5c(c4)sc4ccc6ccccc6c45)c3)c2)cc1. The van der Waals surface area contributed by atoms with Gasteiger partial charge in [-0.2, -0.15) is 0 Å². The van der Waals surface area contributed by atoms with E-state index in [1.807, 2.05) is 11.3 Å². The Hall–Kier alpha value is -6.68. The molecule has 0 amide bonds. The summed E-state index contributed by atoms with van der Waals surface area (Å²) >= 11 is 1.86. The summed E-state index contributed by atoms with van der Waals surface area (Å²) in [5, 5.41) is 9.90. The van der Waals surface area contributed by atoms with Gasteiger partial charge >= 0.3 is 0 Å². The molecular weight excluding hydrogens is 663 g/mol. The van der Waals surface area contributed by atoms with Crippen LogP contribution in [0.2, 0.25) is 0 Å². The normalized spacial score (nSPS) is 11.8. The van der Waals surface area contributed by atoms with Crippen molar-refractivity contribution in [2.75, 3.05) is 4.90 Å². The molecule has 0 atom stereocenters. The molecule has 0 bridgehead atoms. The number of anilines is 3. The third-order valence-corrected chi connectivity index (χ3v) is 11.7. The topological polar surface area (TPSA) is 16.4 Å². The highest BCUT2D eigenvalue weighted by Gasteiger charge is 2.19. The molecule has 0 aliphatic rings. The van der Waals surface area contributed by atoms with Gasteiger partial charge in [-0.1, -0.05) is 127 Å². The van der Waals surface area contributed by atoms with Crippen molar-refractivity contribution in [3.63, 3.8) is 0 Å². The molecule has 0 aliphatic heterocycles. The standard InChI is InChI=1S/C50H31NOS/c1-2-10-32(11-3-1)35-14-8-15-36(28-35)37-16-9-17-38(29-37)51(39-22-24-43-46(30-39)52-45-26-20-33-12-4-6-18-41(33)49(43)45)40-23-25-44-48(31-40)53-47-27-21-34-13-5-7-19-42(34)50(44)47/h1-31H. The van der Waals surface area contributed by atoms with Gasteiger partial charge in [0, 0.05) is 54.1 Å². The fourth-order valence-corrected chi connectivity index (χ4v) is 9.28. The molecule has 11 aromatic rings. The Morgan fingerprint density at radius 3 is 1.75 bits per heavy atom. The smallest absolute Gasteiger partial charge is 0.137 e.